The van der Waals surface area contributed by atoms with E-state index in [9.17, 15) is 9.59 Å². The van der Waals surface area contributed by atoms with Crippen LogP contribution in [-0.4, -0.2) is 44.0 Å². The van der Waals surface area contributed by atoms with E-state index in [1.165, 1.54) is 28.0 Å². The maximum Gasteiger partial charge on any atom is 0.311 e. The summed E-state index contributed by atoms with van der Waals surface area (Å²) in [5.41, 5.74) is 1.61. The van der Waals surface area contributed by atoms with E-state index in [1.54, 1.807) is 23.6 Å². The number of carbonyl (C=O) groups is 2. The Morgan fingerprint density at radius 3 is 2.77 bits per heavy atom. The molecule has 0 saturated carbocycles. The number of anilines is 1. The molecule has 0 unspecified atom stereocenters. The molecule has 0 fully saturated rings. The smallest absolute Gasteiger partial charge is 0.311 e. The molecule has 0 radical (unpaired) electrons. The highest BCUT2D eigenvalue weighted by Crippen LogP contribution is 2.30. The van der Waals surface area contributed by atoms with Crippen LogP contribution in [0.3, 0.4) is 0 Å². The zero-order valence-corrected chi connectivity index (χ0v) is 19.6. The minimum atomic E-state index is -0.333. The maximum atomic E-state index is 12.3. The van der Waals surface area contributed by atoms with Crippen molar-refractivity contribution in [3.05, 3.63) is 27.4 Å². The van der Waals surface area contributed by atoms with Gasteiger partial charge in [-0.3, -0.25) is 9.59 Å². The van der Waals surface area contributed by atoms with Crippen LogP contribution in [0.5, 0.6) is 0 Å². The van der Waals surface area contributed by atoms with Gasteiger partial charge in [0.2, 0.25) is 5.91 Å². The predicted octanol–water partition coefficient (Wildman–Crippen LogP) is 3.96. The number of esters is 1. The molecule has 0 aliphatic rings. The topological polar surface area (TPSA) is 99.0 Å². The average molecular weight is 466 g/mol. The molecule has 1 N–H and O–H groups in total. The summed E-state index contributed by atoms with van der Waals surface area (Å²) in [4.78, 5) is 29.3. The largest absolute Gasteiger partial charge is 0.466 e. The Morgan fingerprint density at radius 1 is 1.27 bits per heavy atom. The van der Waals surface area contributed by atoms with Crippen LogP contribution in [-0.2, 0) is 27.8 Å². The summed E-state index contributed by atoms with van der Waals surface area (Å²) >= 11 is 4.30. The normalized spacial score (nSPS) is 11.1. The van der Waals surface area contributed by atoms with Crippen LogP contribution in [0.2, 0.25) is 0 Å². The number of thiophene rings is 1. The van der Waals surface area contributed by atoms with Gasteiger partial charge in [0.25, 0.3) is 0 Å². The second-order valence-corrected chi connectivity index (χ2v) is 9.46. The van der Waals surface area contributed by atoms with Crippen molar-refractivity contribution in [1.29, 1.82) is 0 Å². The van der Waals surface area contributed by atoms with Gasteiger partial charge in [0.05, 0.1) is 24.5 Å². The number of thiazole rings is 1. The van der Waals surface area contributed by atoms with Crippen molar-refractivity contribution in [2.75, 3.05) is 17.7 Å². The second kappa shape index (κ2) is 10.2. The molecule has 3 rings (SSSR count). The molecule has 0 atom stereocenters. The van der Waals surface area contributed by atoms with Crippen molar-refractivity contribution in [3.63, 3.8) is 0 Å². The molecule has 3 heterocycles. The summed E-state index contributed by atoms with van der Waals surface area (Å²) < 4.78 is 6.80. The number of amides is 1. The highest BCUT2D eigenvalue weighted by molar-refractivity contribution is 7.99. The Balaban J connectivity index is 1.54. The first kappa shape index (κ1) is 22.4. The molecule has 30 heavy (non-hydrogen) atoms. The van der Waals surface area contributed by atoms with Crippen molar-refractivity contribution in [1.82, 2.24) is 19.7 Å². The molecule has 160 valence electrons. The third-order valence-electron chi connectivity index (χ3n) is 4.04. The number of ether oxygens (including phenoxy) is 1. The van der Waals surface area contributed by atoms with E-state index in [0.29, 0.717) is 28.5 Å². The van der Waals surface area contributed by atoms with Gasteiger partial charge in [0.15, 0.2) is 16.1 Å². The quantitative estimate of drug-likeness (QED) is 0.377. The SMILES string of the molecule is CCOC(=O)Cc1csc(NC(=O)CSc2nnc(-c3csc(C(C)C)c3)n2C)n1. The third kappa shape index (κ3) is 5.67. The molecule has 8 nitrogen and oxygen atoms in total. The first-order valence-electron chi connectivity index (χ1n) is 9.38. The minimum Gasteiger partial charge on any atom is -0.466 e. The van der Waals surface area contributed by atoms with E-state index < -0.39 is 0 Å². The van der Waals surface area contributed by atoms with E-state index in [0.717, 1.165) is 11.4 Å². The van der Waals surface area contributed by atoms with Crippen molar-refractivity contribution >= 4 is 51.4 Å². The number of carbonyl (C=O) groups excluding carboxylic acids is 2. The van der Waals surface area contributed by atoms with E-state index in [-0.39, 0.29) is 24.1 Å². The molecule has 1 amide bonds. The monoisotopic (exact) mass is 465 g/mol. The van der Waals surface area contributed by atoms with Gasteiger partial charge in [-0.05, 0) is 18.9 Å². The van der Waals surface area contributed by atoms with E-state index >= 15 is 0 Å². The summed E-state index contributed by atoms with van der Waals surface area (Å²) in [7, 11) is 1.89. The first-order chi connectivity index (χ1) is 14.4. The number of thioether (sulfide) groups is 1. The van der Waals surface area contributed by atoms with E-state index in [4.69, 9.17) is 4.74 Å². The van der Waals surface area contributed by atoms with Gasteiger partial charge in [-0.2, -0.15) is 0 Å². The van der Waals surface area contributed by atoms with Crippen LogP contribution in [0.4, 0.5) is 5.13 Å². The lowest BCUT2D eigenvalue weighted by Gasteiger charge is -2.03. The van der Waals surface area contributed by atoms with Crippen LogP contribution in [0.25, 0.3) is 11.4 Å². The molecule has 11 heteroatoms. The van der Waals surface area contributed by atoms with Crippen molar-refractivity contribution in [2.24, 2.45) is 7.05 Å². The van der Waals surface area contributed by atoms with Gasteiger partial charge in [-0.25, -0.2) is 4.98 Å². The van der Waals surface area contributed by atoms with Crippen LogP contribution < -0.4 is 5.32 Å². The Hall–Kier alpha value is -2.24. The zero-order chi connectivity index (χ0) is 21.7. The molecular weight excluding hydrogens is 442 g/mol. The predicted molar refractivity (Wildman–Crippen MR) is 120 cm³/mol. The zero-order valence-electron chi connectivity index (χ0n) is 17.2. The Bertz CT molecular complexity index is 1020. The number of nitrogens with zero attached hydrogens (tertiary/aromatic N) is 4. The van der Waals surface area contributed by atoms with Crippen LogP contribution >= 0.6 is 34.4 Å². The summed E-state index contributed by atoms with van der Waals surface area (Å²) in [5.74, 6) is 0.905. The molecule has 0 saturated heterocycles. The fraction of sp³-hybridized carbons (Fsp3) is 0.421. The Kier molecular flexibility index (Phi) is 7.62. The van der Waals surface area contributed by atoms with Gasteiger partial charge in [0.1, 0.15) is 0 Å². The molecule has 0 aliphatic carbocycles. The number of hydrogen-bond donors (Lipinski definition) is 1. The van der Waals surface area contributed by atoms with E-state index in [1.807, 2.05) is 11.6 Å². The van der Waals surface area contributed by atoms with Gasteiger partial charge < -0.3 is 14.6 Å². The van der Waals surface area contributed by atoms with Crippen LogP contribution in [0.1, 0.15) is 37.3 Å². The lowest BCUT2D eigenvalue weighted by atomic mass is 10.1. The first-order valence-corrected chi connectivity index (χ1v) is 12.1. The molecule has 0 aromatic carbocycles. The summed E-state index contributed by atoms with van der Waals surface area (Å²) in [6, 6.07) is 2.14. The molecule has 0 spiro atoms. The minimum absolute atomic E-state index is 0.0950. The Morgan fingerprint density at radius 2 is 2.07 bits per heavy atom. The second-order valence-electron chi connectivity index (χ2n) is 6.72. The number of hydrogen-bond acceptors (Lipinski definition) is 9. The lowest BCUT2D eigenvalue weighted by Crippen LogP contribution is -2.14. The summed E-state index contributed by atoms with van der Waals surface area (Å²) in [6.45, 7) is 6.41. The molecule has 0 bridgehead atoms. The highest BCUT2D eigenvalue weighted by atomic mass is 32.2. The summed E-state index contributed by atoms with van der Waals surface area (Å²) in [6.07, 6.45) is 0.0950. The van der Waals surface area contributed by atoms with Crippen molar-refractivity contribution in [3.8, 4) is 11.4 Å². The molecule has 0 aliphatic heterocycles. The van der Waals surface area contributed by atoms with Crippen molar-refractivity contribution < 1.29 is 14.3 Å². The van der Waals surface area contributed by atoms with Gasteiger partial charge in [-0.1, -0.05) is 25.6 Å². The fourth-order valence-electron chi connectivity index (χ4n) is 2.56. The maximum absolute atomic E-state index is 12.3. The molecule has 3 aromatic rings. The average Bonchev–Trinajstić information content (AvgIpc) is 3.41. The number of nitrogens with one attached hydrogen (secondary N) is 1. The third-order valence-corrected chi connectivity index (χ3v) is 7.10. The summed E-state index contributed by atoms with van der Waals surface area (Å²) in [5, 5.41) is 16.2. The van der Waals surface area contributed by atoms with Gasteiger partial charge in [0, 0.05) is 28.2 Å². The van der Waals surface area contributed by atoms with Crippen LogP contribution in [0.15, 0.2) is 22.0 Å². The van der Waals surface area contributed by atoms with Gasteiger partial charge in [-0.15, -0.1) is 32.9 Å². The van der Waals surface area contributed by atoms with Crippen LogP contribution in [0, 0.1) is 0 Å². The standard InChI is InChI=1S/C19H23N5O3S3/c1-5-27-16(26)7-13-9-29-18(20-13)21-15(25)10-30-19-23-22-17(24(19)4)12-6-14(11(2)3)28-8-12/h6,8-9,11H,5,7,10H2,1-4H3,(H,20,21,25). The fourth-order valence-corrected chi connectivity index (χ4v) is 4.90. The molecule has 3 aromatic heterocycles. The molecular formula is C19H23N5O3S3. The number of rotatable bonds is 9. The Labute approximate surface area is 187 Å². The number of aromatic nitrogens is 4. The van der Waals surface area contributed by atoms with Gasteiger partial charge >= 0.3 is 5.97 Å². The van der Waals surface area contributed by atoms with E-state index in [2.05, 4.69) is 45.8 Å². The highest BCUT2D eigenvalue weighted by Gasteiger charge is 2.16. The van der Waals surface area contributed by atoms with Crippen molar-refractivity contribution in [2.45, 2.75) is 38.3 Å². The lowest BCUT2D eigenvalue weighted by molar-refractivity contribution is -0.142.